The lowest BCUT2D eigenvalue weighted by atomic mass is 9.97. The van der Waals surface area contributed by atoms with E-state index in [-0.39, 0.29) is 11.8 Å². The summed E-state index contributed by atoms with van der Waals surface area (Å²) in [6.45, 7) is 5.13. The molecular weight excluding hydrogens is 368 g/mol. The molecule has 1 aliphatic heterocycles. The molecule has 1 N–H and O–H groups in total. The fraction of sp³-hybridized carbons (Fsp3) is 0.533. The molecule has 1 fully saturated rings. The maximum absolute atomic E-state index is 12.7. The average molecular weight is 389 g/mol. The van der Waals surface area contributed by atoms with E-state index in [1.165, 1.54) is 4.31 Å². The number of carbonyl (C=O) groups is 1. The number of rotatable bonds is 4. The van der Waals surface area contributed by atoms with Gasteiger partial charge in [-0.05, 0) is 50.5 Å². The first kappa shape index (κ1) is 17.4. The fourth-order valence-corrected chi connectivity index (χ4v) is 4.41. The van der Waals surface area contributed by atoms with E-state index in [4.69, 9.17) is 0 Å². The van der Waals surface area contributed by atoms with Crippen molar-refractivity contribution in [1.29, 1.82) is 0 Å². The quantitative estimate of drug-likeness (QED) is 0.860. The smallest absolute Gasteiger partial charge is 0.243 e. The van der Waals surface area contributed by atoms with Crippen LogP contribution >= 0.6 is 15.9 Å². The van der Waals surface area contributed by atoms with Gasteiger partial charge in [0.05, 0.1) is 4.90 Å². The summed E-state index contributed by atoms with van der Waals surface area (Å²) in [5.41, 5.74) is 0.887. The molecule has 0 atom stereocenters. The van der Waals surface area contributed by atoms with Crippen LogP contribution in [0.25, 0.3) is 0 Å². The number of halogens is 1. The molecule has 1 aliphatic rings. The molecule has 0 aliphatic carbocycles. The lowest BCUT2D eigenvalue weighted by Gasteiger charge is -2.30. The van der Waals surface area contributed by atoms with Gasteiger partial charge in [-0.1, -0.05) is 15.9 Å². The van der Waals surface area contributed by atoms with Gasteiger partial charge in [0.25, 0.3) is 0 Å². The number of carbonyl (C=O) groups excluding carboxylic acids is 1. The summed E-state index contributed by atoms with van der Waals surface area (Å²) in [6, 6.07) is 5.04. The third-order valence-corrected chi connectivity index (χ3v) is 6.73. The Morgan fingerprint density at radius 3 is 2.55 bits per heavy atom. The molecular formula is C15H21BrN2O3S. The molecule has 122 valence electrons. The molecule has 0 saturated carbocycles. The van der Waals surface area contributed by atoms with Crippen molar-refractivity contribution in [1.82, 2.24) is 9.62 Å². The molecule has 0 bridgehead atoms. The summed E-state index contributed by atoms with van der Waals surface area (Å²) in [5, 5.41) is 2.80. The number of aryl methyl sites for hydroxylation is 1. The Bertz CT molecular complexity index is 653. The van der Waals surface area contributed by atoms with Gasteiger partial charge >= 0.3 is 0 Å². The minimum absolute atomic E-state index is 0.0269. The Morgan fingerprint density at radius 2 is 2.00 bits per heavy atom. The van der Waals surface area contributed by atoms with E-state index in [0.29, 0.717) is 37.4 Å². The van der Waals surface area contributed by atoms with Crippen LogP contribution in [0, 0.1) is 12.8 Å². The van der Waals surface area contributed by atoms with Crippen LogP contribution in [0.3, 0.4) is 0 Å². The molecule has 1 heterocycles. The molecule has 1 aromatic rings. The molecule has 5 nitrogen and oxygen atoms in total. The van der Waals surface area contributed by atoms with Crippen molar-refractivity contribution in [2.24, 2.45) is 5.92 Å². The van der Waals surface area contributed by atoms with Gasteiger partial charge in [-0.25, -0.2) is 8.42 Å². The van der Waals surface area contributed by atoms with Crippen molar-refractivity contribution >= 4 is 31.9 Å². The number of benzene rings is 1. The zero-order valence-corrected chi connectivity index (χ0v) is 15.2. The van der Waals surface area contributed by atoms with Crippen LogP contribution in [0.5, 0.6) is 0 Å². The predicted octanol–water partition coefficient (Wildman–Crippen LogP) is 2.29. The molecule has 0 spiro atoms. The largest absolute Gasteiger partial charge is 0.356 e. The summed E-state index contributed by atoms with van der Waals surface area (Å²) in [7, 11) is -3.48. The average Bonchev–Trinajstić information content (AvgIpc) is 2.50. The van der Waals surface area contributed by atoms with Crippen molar-refractivity contribution in [2.75, 3.05) is 19.6 Å². The normalized spacial score (nSPS) is 17.4. The second kappa shape index (κ2) is 7.10. The highest BCUT2D eigenvalue weighted by atomic mass is 79.9. The first-order valence-corrected chi connectivity index (χ1v) is 9.63. The zero-order valence-electron chi connectivity index (χ0n) is 12.8. The highest BCUT2D eigenvalue weighted by Crippen LogP contribution is 2.26. The summed E-state index contributed by atoms with van der Waals surface area (Å²) in [6.07, 6.45) is 1.14. The Hall–Kier alpha value is -0.920. The van der Waals surface area contributed by atoms with E-state index in [2.05, 4.69) is 21.2 Å². The monoisotopic (exact) mass is 388 g/mol. The SMILES string of the molecule is CCNC(=O)C1CCN(S(=O)(=O)c2ccc(Br)c(C)c2)CC1. The topological polar surface area (TPSA) is 66.5 Å². The predicted molar refractivity (Wildman–Crippen MR) is 89.0 cm³/mol. The third-order valence-electron chi connectivity index (χ3n) is 3.94. The van der Waals surface area contributed by atoms with Gasteiger partial charge in [-0.3, -0.25) is 4.79 Å². The van der Waals surface area contributed by atoms with E-state index in [1.54, 1.807) is 18.2 Å². The maximum Gasteiger partial charge on any atom is 0.243 e. The standard InChI is InChI=1S/C15H21BrN2O3S/c1-3-17-15(19)12-6-8-18(9-7-12)22(20,21)13-4-5-14(16)11(2)10-13/h4-5,10,12H,3,6-9H2,1-2H3,(H,17,19). The van der Waals surface area contributed by atoms with Crippen LogP contribution in [0.4, 0.5) is 0 Å². The van der Waals surface area contributed by atoms with Crippen LogP contribution in [0.1, 0.15) is 25.3 Å². The van der Waals surface area contributed by atoms with Crippen molar-refractivity contribution in [2.45, 2.75) is 31.6 Å². The Balaban J connectivity index is 2.09. The van der Waals surface area contributed by atoms with Crippen LogP contribution in [-0.4, -0.2) is 38.3 Å². The lowest BCUT2D eigenvalue weighted by Crippen LogP contribution is -2.42. The molecule has 1 aromatic carbocycles. The van der Waals surface area contributed by atoms with Crippen molar-refractivity contribution < 1.29 is 13.2 Å². The molecule has 1 amide bonds. The molecule has 1 saturated heterocycles. The van der Waals surface area contributed by atoms with E-state index in [0.717, 1.165) is 10.0 Å². The Morgan fingerprint density at radius 1 is 1.36 bits per heavy atom. The summed E-state index contributed by atoms with van der Waals surface area (Å²) >= 11 is 3.38. The van der Waals surface area contributed by atoms with Crippen LogP contribution in [0.15, 0.2) is 27.6 Å². The minimum Gasteiger partial charge on any atom is -0.356 e. The van der Waals surface area contributed by atoms with Gasteiger partial charge in [0.1, 0.15) is 0 Å². The summed E-state index contributed by atoms with van der Waals surface area (Å²) in [4.78, 5) is 12.1. The van der Waals surface area contributed by atoms with Gasteiger partial charge < -0.3 is 5.32 Å². The summed E-state index contributed by atoms with van der Waals surface area (Å²) in [5.74, 6) is -0.0583. The number of hydrogen-bond acceptors (Lipinski definition) is 3. The van der Waals surface area contributed by atoms with E-state index >= 15 is 0 Å². The van der Waals surface area contributed by atoms with Crippen molar-refractivity contribution in [3.05, 3.63) is 28.2 Å². The molecule has 0 radical (unpaired) electrons. The van der Waals surface area contributed by atoms with Crippen molar-refractivity contribution in [3.63, 3.8) is 0 Å². The highest BCUT2D eigenvalue weighted by molar-refractivity contribution is 9.10. The van der Waals surface area contributed by atoms with E-state index in [9.17, 15) is 13.2 Å². The van der Waals surface area contributed by atoms with Gasteiger partial charge in [0.2, 0.25) is 15.9 Å². The van der Waals surface area contributed by atoms with Gasteiger partial charge in [0.15, 0.2) is 0 Å². The second-order valence-electron chi connectivity index (χ2n) is 5.48. The number of hydrogen-bond donors (Lipinski definition) is 1. The highest BCUT2D eigenvalue weighted by Gasteiger charge is 2.31. The zero-order chi connectivity index (χ0) is 16.3. The fourth-order valence-electron chi connectivity index (χ4n) is 2.60. The number of nitrogens with zero attached hydrogens (tertiary/aromatic N) is 1. The molecule has 7 heteroatoms. The van der Waals surface area contributed by atoms with Crippen LogP contribution in [-0.2, 0) is 14.8 Å². The van der Waals surface area contributed by atoms with E-state index < -0.39 is 10.0 Å². The molecule has 0 aromatic heterocycles. The minimum atomic E-state index is -3.48. The van der Waals surface area contributed by atoms with Gasteiger partial charge in [-0.15, -0.1) is 0 Å². The van der Waals surface area contributed by atoms with Crippen LogP contribution < -0.4 is 5.32 Å². The first-order valence-electron chi connectivity index (χ1n) is 7.40. The van der Waals surface area contributed by atoms with E-state index in [1.807, 2.05) is 13.8 Å². The second-order valence-corrected chi connectivity index (χ2v) is 8.28. The van der Waals surface area contributed by atoms with Crippen molar-refractivity contribution in [3.8, 4) is 0 Å². The lowest BCUT2D eigenvalue weighted by molar-refractivity contribution is -0.126. The number of amides is 1. The summed E-state index contributed by atoms with van der Waals surface area (Å²) < 4.78 is 27.7. The number of piperidine rings is 1. The van der Waals surface area contributed by atoms with Gasteiger partial charge in [0, 0.05) is 30.0 Å². The van der Waals surface area contributed by atoms with Crippen LogP contribution in [0.2, 0.25) is 0 Å². The molecule has 22 heavy (non-hydrogen) atoms. The Kier molecular flexibility index (Phi) is 5.63. The number of sulfonamides is 1. The molecule has 2 rings (SSSR count). The Labute approximate surface area is 140 Å². The number of nitrogens with one attached hydrogen (secondary N) is 1. The molecule has 0 unspecified atom stereocenters. The third kappa shape index (κ3) is 3.70. The van der Waals surface area contributed by atoms with Gasteiger partial charge in [-0.2, -0.15) is 4.31 Å². The maximum atomic E-state index is 12.7. The first-order chi connectivity index (χ1) is 10.4.